The molecule has 0 aliphatic carbocycles. The van der Waals surface area contributed by atoms with Gasteiger partial charge in [0.05, 0.1) is 0 Å². The summed E-state index contributed by atoms with van der Waals surface area (Å²) in [5.74, 6) is 5.25. The predicted molar refractivity (Wildman–Crippen MR) is 277 cm³/mol. The molecule has 67 heavy (non-hydrogen) atoms. The third kappa shape index (κ3) is 28.6. The summed E-state index contributed by atoms with van der Waals surface area (Å²) in [5, 5.41) is 12.6. The van der Waals surface area contributed by atoms with Gasteiger partial charge in [-0.15, -0.1) is 0 Å². The van der Waals surface area contributed by atoms with Crippen LogP contribution in [0.1, 0.15) is 85.4 Å². The van der Waals surface area contributed by atoms with E-state index in [0.717, 1.165) is 113 Å². The third-order valence-corrected chi connectivity index (χ3v) is 10.2. The van der Waals surface area contributed by atoms with E-state index in [1.807, 2.05) is 39.0 Å². The second kappa shape index (κ2) is 39.5. The van der Waals surface area contributed by atoms with Crippen LogP contribution in [0.5, 0.6) is 0 Å². The van der Waals surface area contributed by atoms with Crippen LogP contribution in [-0.4, -0.2) is 177 Å². The second-order valence-electron chi connectivity index (χ2n) is 15.5. The van der Waals surface area contributed by atoms with Gasteiger partial charge in [0.25, 0.3) is 0 Å². The summed E-state index contributed by atoms with van der Waals surface area (Å²) >= 11 is 3.90. The fourth-order valence-corrected chi connectivity index (χ4v) is 6.28. The summed E-state index contributed by atoms with van der Waals surface area (Å²) in [5.41, 5.74) is 1.87. The molecular formula is C46H79N18W3-3. The van der Waals surface area contributed by atoms with Crippen LogP contribution in [-0.2, 0) is 58.1 Å². The van der Waals surface area contributed by atoms with E-state index in [4.69, 9.17) is 0 Å². The average Bonchev–Trinajstić information content (AvgIpc) is 3.28. The first-order valence-corrected chi connectivity index (χ1v) is 27.7. The van der Waals surface area contributed by atoms with Crippen LogP contribution >= 0.6 is 0 Å². The molecule has 3 fully saturated rings. The van der Waals surface area contributed by atoms with Gasteiger partial charge in [0.15, 0.2) is 0 Å². The van der Waals surface area contributed by atoms with Crippen molar-refractivity contribution in [3.63, 3.8) is 0 Å². The molecule has 21 heteroatoms. The number of hydrogen-bond acceptors (Lipinski definition) is 15. The summed E-state index contributed by atoms with van der Waals surface area (Å²) in [6.07, 6.45) is 8.31. The Labute approximate surface area is 437 Å². The Hall–Kier alpha value is -3.40. The molecule has 18 nitrogen and oxygen atoms in total. The molecule has 3 saturated heterocycles. The molecule has 6 rings (SSSR count). The summed E-state index contributed by atoms with van der Waals surface area (Å²) in [4.78, 5) is 52.2. The van der Waals surface area contributed by atoms with Gasteiger partial charge in [0, 0.05) is 0 Å². The second-order valence-corrected chi connectivity index (χ2v) is 17.7. The number of aromatic nitrogens is 6. The van der Waals surface area contributed by atoms with Crippen molar-refractivity contribution in [3.05, 3.63) is 51.4 Å². The summed E-state index contributed by atoms with van der Waals surface area (Å²) in [7, 11) is 6.42. The van der Waals surface area contributed by atoms with Gasteiger partial charge in [-0.1, -0.05) is 68.2 Å². The van der Waals surface area contributed by atoms with Gasteiger partial charge in [0.1, 0.15) is 0 Å². The van der Waals surface area contributed by atoms with Crippen LogP contribution in [0.15, 0.2) is 33.2 Å². The first-order chi connectivity index (χ1) is 31.8. The van der Waals surface area contributed by atoms with Crippen molar-refractivity contribution in [1.82, 2.24) is 44.6 Å². The number of aliphatic imine (C=N–C) groups is 3. The third-order valence-electron chi connectivity index (χ3n) is 8.85. The van der Waals surface area contributed by atoms with Crippen molar-refractivity contribution in [2.24, 2.45) is 15.0 Å². The molecule has 3 aromatic heterocycles. The number of likely N-dealkylation sites (N-methyl/N-ethyl adjacent to an activating group) is 3. The van der Waals surface area contributed by atoms with E-state index in [9.17, 15) is 0 Å². The molecule has 374 valence electrons. The maximum absolute atomic E-state index is 4.50. The van der Waals surface area contributed by atoms with Gasteiger partial charge in [-0.05, 0) is 0 Å². The van der Waals surface area contributed by atoms with Gasteiger partial charge in [-0.3, -0.25) is 0 Å². The van der Waals surface area contributed by atoms with Crippen molar-refractivity contribution in [2.45, 2.75) is 89.0 Å². The Morgan fingerprint density at radius 1 is 0.478 bits per heavy atom. The van der Waals surface area contributed by atoms with Crippen molar-refractivity contribution >= 4 is 67.8 Å². The molecule has 0 radical (unpaired) electrons. The molecule has 0 saturated carbocycles. The topological polar surface area (TPSA) is 176 Å². The van der Waals surface area contributed by atoms with Crippen LogP contribution in [0.25, 0.3) is 16.0 Å². The fraction of sp³-hybridized carbons (Fsp3) is 0.609. The number of nitrogens with zero attached hydrogens (tertiary/aromatic N) is 18. The Morgan fingerprint density at radius 2 is 0.851 bits per heavy atom. The Bertz CT molecular complexity index is 1660. The number of rotatable bonds is 12. The molecule has 3 aromatic rings. The number of hydrogen-bond donors (Lipinski definition) is 0. The minimum atomic E-state index is 0. The van der Waals surface area contributed by atoms with Crippen LogP contribution in [0.4, 0.5) is 35.2 Å². The van der Waals surface area contributed by atoms with E-state index in [0.29, 0.717) is 17.6 Å². The average molecular weight is 1440 g/mol. The number of anilines is 3. The first kappa shape index (κ1) is 63.6. The van der Waals surface area contributed by atoms with E-state index in [-0.39, 0.29) is 7.43 Å². The number of aryl methyl sites for hydroxylation is 3. The van der Waals surface area contributed by atoms with Crippen LogP contribution in [0.2, 0.25) is 0 Å². The molecule has 3 aliphatic heterocycles. The van der Waals surface area contributed by atoms with Gasteiger partial charge >= 0.3 is 372 Å². The molecule has 0 N–H and O–H groups in total. The molecular weight excluding hydrogens is 1360 g/mol. The van der Waals surface area contributed by atoms with Crippen molar-refractivity contribution < 1.29 is 58.1 Å². The summed E-state index contributed by atoms with van der Waals surface area (Å²) in [6.45, 7) is 30.8. The molecule has 0 spiro atoms. The van der Waals surface area contributed by atoms with E-state index < -0.39 is 0 Å². The molecule has 0 aromatic carbocycles. The Balaban J connectivity index is 0.000000887. The predicted octanol–water partition coefficient (Wildman–Crippen LogP) is 7.52. The number of piperazine rings is 3. The maximum atomic E-state index is 4.50. The van der Waals surface area contributed by atoms with Gasteiger partial charge in [-0.2, -0.15) is 0 Å². The van der Waals surface area contributed by atoms with Crippen LogP contribution in [0.3, 0.4) is 0 Å². The van der Waals surface area contributed by atoms with E-state index in [2.05, 4.69) is 153 Å². The van der Waals surface area contributed by atoms with E-state index in [1.54, 1.807) is 13.6 Å². The zero-order valence-electron chi connectivity index (χ0n) is 41.6. The van der Waals surface area contributed by atoms with E-state index in [1.165, 1.54) is 96.3 Å². The molecule has 6 heterocycles. The zero-order chi connectivity index (χ0) is 49.1. The minimum absolute atomic E-state index is 0. The van der Waals surface area contributed by atoms with Gasteiger partial charge < -0.3 is 0 Å². The normalized spacial score (nSPS) is 15.1. The summed E-state index contributed by atoms with van der Waals surface area (Å²) in [6, 6.07) is 5.80. The monoisotopic (exact) mass is 1440 g/mol. The van der Waals surface area contributed by atoms with Crippen molar-refractivity contribution in [2.75, 3.05) is 114 Å². The van der Waals surface area contributed by atoms with E-state index >= 15 is 0 Å². The van der Waals surface area contributed by atoms with Gasteiger partial charge in [0.2, 0.25) is 0 Å². The van der Waals surface area contributed by atoms with Crippen molar-refractivity contribution in [3.8, 4) is 0 Å². The van der Waals surface area contributed by atoms with Crippen LogP contribution in [0, 0.1) is 20.8 Å². The van der Waals surface area contributed by atoms with Crippen molar-refractivity contribution in [1.29, 1.82) is 0 Å². The molecule has 0 atom stereocenters. The first-order valence-electron chi connectivity index (χ1n) is 22.7. The zero-order valence-corrected chi connectivity index (χ0v) is 50.4. The SMILES string of the molecule is C.CCC.CCC.CCC.Cc1cc(N2CCN(C)CC2)nc([N-]C=N[CH]=[W])n1.Cc1cc([N-]C=N[CH]=[W])nc(N2CCN(C)CC2)n1.Cc1nc([N-]C=N[CH]=[W])cc(N2CCN(C)CC2)n1. The fourth-order valence-electron chi connectivity index (χ4n) is 5.69. The summed E-state index contributed by atoms with van der Waals surface area (Å²) < 4.78 is 5.32. The Kier molecular flexibility index (Phi) is 37.5. The molecule has 3 aliphatic rings. The quantitative estimate of drug-likeness (QED) is 0.129. The molecule has 0 amide bonds. The molecule has 0 unspecified atom stereocenters. The standard InChI is InChI=1S/3C12H17N6.3C3H8.CH4.3W/c1-10-15-11(14-9-13-2)8-12(16-10)18-6-4-17(3)5-7-18;1-10-8-11(16-12(15-10)14-9-13-2)18-6-4-17(3)5-7-18;1-10-8-11(14-9-13-2)16-12(15-10)18-6-4-17(3)5-7-18;3*1-3-2;;;;/h3*2,8-9H,4-7H2,1,3H3;3*3H2,1-2H3;1H4;;;/q3*-1;;;;;;;. The Morgan fingerprint density at radius 3 is 1.28 bits per heavy atom. The van der Waals surface area contributed by atoms with Crippen LogP contribution < -0.4 is 14.7 Å². The molecule has 0 bridgehead atoms. The van der Waals surface area contributed by atoms with Gasteiger partial charge in [-0.25, -0.2) is 0 Å².